The van der Waals surface area contributed by atoms with E-state index < -0.39 is 17.7 Å². The Bertz CT molecular complexity index is 1140. The van der Waals surface area contributed by atoms with Gasteiger partial charge in [0.2, 0.25) is 0 Å². The molecule has 180 valence electrons. The second kappa shape index (κ2) is 9.67. The smallest absolute Gasteiger partial charge is 0.295 e. The molecule has 0 aliphatic carbocycles. The molecule has 2 aromatic carbocycles. The molecule has 1 atom stereocenters. The van der Waals surface area contributed by atoms with E-state index in [1.165, 1.54) is 4.90 Å². The Morgan fingerprint density at radius 2 is 1.94 bits per heavy atom. The van der Waals surface area contributed by atoms with Crippen molar-refractivity contribution in [2.24, 2.45) is 0 Å². The van der Waals surface area contributed by atoms with E-state index in [0.717, 1.165) is 5.69 Å². The molecule has 1 amide bonds. The highest BCUT2D eigenvalue weighted by Crippen LogP contribution is 2.43. The summed E-state index contributed by atoms with van der Waals surface area (Å²) in [6, 6.07) is 9.83. The number of anilines is 1. The number of benzene rings is 2. The molecule has 2 heterocycles. The highest BCUT2D eigenvalue weighted by Gasteiger charge is 2.46. The summed E-state index contributed by atoms with van der Waals surface area (Å²) in [5.74, 6) is 0.239. The first-order valence-corrected chi connectivity index (χ1v) is 11.5. The lowest BCUT2D eigenvalue weighted by molar-refractivity contribution is -0.139. The summed E-state index contributed by atoms with van der Waals surface area (Å²) < 4.78 is 16.8. The number of hydrogen-bond acceptors (Lipinski definition) is 7. The van der Waals surface area contributed by atoms with Crippen LogP contribution in [0.4, 0.5) is 5.69 Å². The molecule has 1 fully saturated rings. The van der Waals surface area contributed by atoms with Crippen LogP contribution in [0.2, 0.25) is 0 Å². The number of rotatable bonds is 7. The van der Waals surface area contributed by atoms with Gasteiger partial charge >= 0.3 is 0 Å². The number of aliphatic hydroxyl groups is 1. The van der Waals surface area contributed by atoms with Gasteiger partial charge in [0, 0.05) is 19.2 Å². The van der Waals surface area contributed by atoms with Gasteiger partial charge in [-0.15, -0.1) is 0 Å². The van der Waals surface area contributed by atoms with Crippen molar-refractivity contribution in [2.75, 3.05) is 45.4 Å². The zero-order chi connectivity index (χ0) is 24.4. The van der Waals surface area contributed by atoms with Gasteiger partial charge in [0.25, 0.3) is 11.7 Å². The van der Waals surface area contributed by atoms with Gasteiger partial charge in [0.05, 0.1) is 37.6 Å². The molecule has 8 heteroatoms. The van der Waals surface area contributed by atoms with E-state index in [1.807, 2.05) is 25.8 Å². The van der Waals surface area contributed by atoms with Crippen LogP contribution in [0.5, 0.6) is 17.2 Å². The summed E-state index contributed by atoms with van der Waals surface area (Å²) in [6.07, 6.45) is 0.666. The molecular formula is C26H30N2O6. The molecule has 0 saturated carbocycles. The summed E-state index contributed by atoms with van der Waals surface area (Å²) in [5, 5.41) is 11.4. The van der Waals surface area contributed by atoms with Crippen LogP contribution in [0, 0.1) is 0 Å². The SMILES string of the molecule is CCCN1C(=O)C(=O)/C(=C(/O)c2ccc3c(c2)N(C)CCO3)C1c1ccc(OC)c(OCC)c1. The van der Waals surface area contributed by atoms with Crippen molar-refractivity contribution < 1.29 is 28.9 Å². The van der Waals surface area contributed by atoms with E-state index in [4.69, 9.17) is 14.2 Å². The number of carbonyl (C=O) groups excluding carboxylic acids is 2. The molecule has 0 spiro atoms. The quantitative estimate of drug-likeness (QED) is 0.378. The van der Waals surface area contributed by atoms with Crippen LogP contribution in [0.1, 0.15) is 37.4 Å². The fourth-order valence-corrected chi connectivity index (χ4v) is 4.48. The van der Waals surface area contributed by atoms with Crippen LogP contribution in [0.25, 0.3) is 5.76 Å². The second-order valence-electron chi connectivity index (χ2n) is 8.29. The molecule has 34 heavy (non-hydrogen) atoms. The van der Waals surface area contributed by atoms with Gasteiger partial charge in [-0.05, 0) is 49.2 Å². The number of ketones is 1. The lowest BCUT2D eigenvalue weighted by Crippen LogP contribution is -2.30. The number of aliphatic hydroxyl groups excluding tert-OH is 1. The largest absolute Gasteiger partial charge is 0.507 e. The minimum atomic E-state index is -0.741. The Hall–Kier alpha value is -3.68. The molecule has 0 aromatic heterocycles. The first-order valence-electron chi connectivity index (χ1n) is 11.5. The van der Waals surface area contributed by atoms with Crippen molar-refractivity contribution in [1.29, 1.82) is 0 Å². The summed E-state index contributed by atoms with van der Waals surface area (Å²) in [5.41, 5.74) is 1.99. The summed E-state index contributed by atoms with van der Waals surface area (Å²) in [6.45, 7) is 5.91. The number of likely N-dealkylation sites (N-methyl/N-ethyl adjacent to an activating group) is 1. The Morgan fingerprint density at radius 1 is 1.15 bits per heavy atom. The Kier molecular flexibility index (Phi) is 6.68. The number of amides is 1. The van der Waals surface area contributed by atoms with Gasteiger partial charge in [-0.25, -0.2) is 0 Å². The van der Waals surface area contributed by atoms with Gasteiger partial charge in [-0.3, -0.25) is 9.59 Å². The first kappa shape index (κ1) is 23.5. The molecular weight excluding hydrogens is 436 g/mol. The zero-order valence-electron chi connectivity index (χ0n) is 20.0. The highest BCUT2D eigenvalue weighted by molar-refractivity contribution is 6.46. The third-order valence-electron chi connectivity index (χ3n) is 6.14. The molecule has 1 N–H and O–H groups in total. The molecule has 2 aromatic rings. The topological polar surface area (TPSA) is 88.5 Å². The summed E-state index contributed by atoms with van der Waals surface area (Å²) in [4.78, 5) is 29.7. The van der Waals surface area contributed by atoms with Gasteiger partial charge < -0.3 is 29.1 Å². The predicted molar refractivity (Wildman–Crippen MR) is 129 cm³/mol. The van der Waals surface area contributed by atoms with E-state index in [1.54, 1.807) is 43.5 Å². The third-order valence-corrected chi connectivity index (χ3v) is 6.14. The summed E-state index contributed by atoms with van der Waals surface area (Å²) >= 11 is 0. The van der Waals surface area contributed by atoms with E-state index in [0.29, 0.717) is 61.1 Å². The minimum Gasteiger partial charge on any atom is -0.507 e. The Morgan fingerprint density at radius 3 is 2.65 bits per heavy atom. The van der Waals surface area contributed by atoms with Crippen LogP contribution in [-0.2, 0) is 9.59 Å². The van der Waals surface area contributed by atoms with Crippen LogP contribution in [-0.4, -0.2) is 62.2 Å². The fourth-order valence-electron chi connectivity index (χ4n) is 4.48. The van der Waals surface area contributed by atoms with Crippen molar-refractivity contribution in [3.8, 4) is 17.2 Å². The normalized spacial score (nSPS) is 19.1. The zero-order valence-corrected chi connectivity index (χ0v) is 20.0. The number of nitrogens with zero attached hydrogens (tertiary/aromatic N) is 2. The van der Waals surface area contributed by atoms with Crippen molar-refractivity contribution >= 4 is 23.1 Å². The average molecular weight is 467 g/mol. The molecule has 0 radical (unpaired) electrons. The lowest BCUT2D eigenvalue weighted by Gasteiger charge is -2.28. The van der Waals surface area contributed by atoms with Crippen LogP contribution in [0.15, 0.2) is 42.0 Å². The molecule has 1 saturated heterocycles. The predicted octanol–water partition coefficient (Wildman–Crippen LogP) is 3.75. The van der Waals surface area contributed by atoms with Crippen molar-refractivity contribution in [3.63, 3.8) is 0 Å². The fraction of sp³-hybridized carbons (Fsp3) is 0.385. The van der Waals surface area contributed by atoms with Crippen LogP contribution < -0.4 is 19.1 Å². The maximum Gasteiger partial charge on any atom is 0.295 e. The third kappa shape index (κ3) is 4.04. The number of methoxy groups -OCH3 is 1. The molecule has 4 rings (SSSR count). The van der Waals surface area contributed by atoms with E-state index >= 15 is 0 Å². The van der Waals surface area contributed by atoms with Crippen LogP contribution in [0.3, 0.4) is 0 Å². The second-order valence-corrected chi connectivity index (χ2v) is 8.29. The standard InChI is InChI=1S/C26H30N2O6/c1-5-11-28-23(16-7-10-20(32-4)21(15-16)33-6-2)22(25(30)26(28)31)24(29)17-8-9-19-18(14-17)27(3)12-13-34-19/h7-10,14-15,23,29H,5-6,11-13H2,1-4H3/b24-22+. The van der Waals surface area contributed by atoms with Gasteiger partial charge in [-0.2, -0.15) is 0 Å². The van der Waals surface area contributed by atoms with Crippen LogP contribution >= 0.6 is 0 Å². The maximum absolute atomic E-state index is 13.2. The van der Waals surface area contributed by atoms with Gasteiger partial charge in [0.1, 0.15) is 18.1 Å². The Balaban J connectivity index is 1.87. The van der Waals surface area contributed by atoms with E-state index in [-0.39, 0.29) is 11.3 Å². The maximum atomic E-state index is 13.2. The average Bonchev–Trinajstić information content (AvgIpc) is 3.09. The van der Waals surface area contributed by atoms with Crippen molar-refractivity contribution in [2.45, 2.75) is 26.3 Å². The highest BCUT2D eigenvalue weighted by atomic mass is 16.5. The molecule has 2 aliphatic rings. The number of likely N-dealkylation sites (tertiary alicyclic amines) is 1. The summed E-state index contributed by atoms with van der Waals surface area (Å²) in [7, 11) is 3.50. The minimum absolute atomic E-state index is 0.0606. The van der Waals surface area contributed by atoms with E-state index in [2.05, 4.69) is 0 Å². The lowest BCUT2D eigenvalue weighted by atomic mass is 9.94. The number of carbonyl (C=O) groups is 2. The molecule has 2 aliphatic heterocycles. The van der Waals surface area contributed by atoms with Crippen molar-refractivity contribution in [1.82, 2.24) is 4.90 Å². The number of hydrogen-bond donors (Lipinski definition) is 1. The monoisotopic (exact) mass is 466 g/mol. The van der Waals surface area contributed by atoms with Gasteiger partial charge in [-0.1, -0.05) is 13.0 Å². The first-order chi connectivity index (χ1) is 16.4. The molecule has 1 unspecified atom stereocenters. The molecule has 0 bridgehead atoms. The molecule has 8 nitrogen and oxygen atoms in total. The number of fused-ring (bicyclic) bond motifs is 1. The van der Waals surface area contributed by atoms with Gasteiger partial charge in [0.15, 0.2) is 11.5 Å². The van der Waals surface area contributed by atoms with E-state index in [9.17, 15) is 14.7 Å². The Labute approximate surface area is 199 Å². The number of ether oxygens (including phenoxy) is 3. The number of Topliss-reactive ketones (excluding diaryl/α,β-unsaturated/α-hetero) is 1. The van der Waals surface area contributed by atoms with Crippen molar-refractivity contribution in [3.05, 3.63) is 53.1 Å².